The molecule has 0 aliphatic carbocycles. The lowest BCUT2D eigenvalue weighted by atomic mass is 9.97. The number of nitrogens with one attached hydrogen (secondary N) is 1. The number of aromatic nitrogens is 3. The Morgan fingerprint density at radius 3 is 3.04 bits per heavy atom. The van der Waals surface area contributed by atoms with Gasteiger partial charge in [0.05, 0.1) is 5.92 Å². The molecule has 0 saturated carbocycles. The van der Waals surface area contributed by atoms with Gasteiger partial charge in [0.1, 0.15) is 0 Å². The number of hydrogen-bond acceptors (Lipinski definition) is 8. The monoisotopic (exact) mass is 417 g/mol. The van der Waals surface area contributed by atoms with Crippen LogP contribution in [0.3, 0.4) is 0 Å². The summed E-state index contributed by atoms with van der Waals surface area (Å²) < 4.78 is 5.63. The lowest BCUT2D eigenvalue weighted by Gasteiger charge is -2.31. The maximum absolute atomic E-state index is 12.6. The third kappa shape index (κ3) is 4.45. The Hall–Kier alpha value is -2.59. The van der Waals surface area contributed by atoms with E-state index < -0.39 is 0 Å². The number of carbonyl (C=O) groups is 2. The Morgan fingerprint density at radius 2 is 2.25 bits per heavy atom. The molecule has 3 aromatic rings. The quantitative estimate of drug-likeness (QED) is 0.661. The summed E-state index contributed by atoms with van der Waals surface area (Å²) >= 11 is 2.94. The van der Waals surface area contributed by atoms with E-state index >= 15 is 0 Å². The van der Waals surface area contributed by atoms with Crippen LogP contribution in [0.25, 0.3) is 11.5 Å². The van der Waals surface area contributed by atoms with Crippen molar-refractivity contribution < 1.29 is 14.0 Å². The molecule has 1 fully saturated rings. The molecule has 0 bridgehead atoms. The Bertz CT molecular complexity index is 923. The summed E-state index contributed by atoms with van der Waals surface area (Å²) in [5.41, 5.74) is 0.889. The van der Waals surface area contributed by atoms with Crippen molar-refractivity contribution in [1.29, 1.82) is 0 Å². The first-order chi connectivity index (χ1) is 13.7. The first-order valence-electron chi connectivity index (χ1n) is 9.02. The molecular weight excluding hydrogens is 398 g/mol. The van der Waals surface area contributed by atoms with Crippen LogP contribution in [-0.2, 0) is 16.0 Å². The fraction of sp³-hybridized carbons (Fsp3) is 0.389. The minimum atomic E-state index is -0.213. The van der Waals surface area contributed by atoms with Crippen LogP contribution in [0.4, 0.5) is 5.13 Å². The normalized spacial score (nSPS) is 16.9. The van der Waals surface area contributed by atoms with Crippen molar-refractivity contribution in [2.24, 2.45) is 5.92 Å². The van der Waals surface area contributed by atoms with Crippen molar-refractivity contribution in [3.63, 3.8) is 0 Å². The zero-order chi connectivity index (χ0) is 19.3. The number of rotatable bonds is 6. The van der Waals surface area contributed by atoms with Gasteiger partial charge in [-0.1, -0.05) is 0 Å². The Labute approximate surface area is 169 Å². The van der Waals surface area contributed by atoms with Crippen molar-refractivity contribution >= 4 is 39.6 Å². The van der Waals surface area contributed by atoms with Crippen LogP contribution in [0, 0.1) is 5.92 Å². The standard InChI is InChI=1S/C18H19N5O3S2/c24-15(4-3-14-21-22-17(26-14)13-5-8-27-11-13)23-7-1-2-12(10-23)16(25)20-18-19-6-9-28-18/h5-6,8-9,11-12H,1-4,7,10H2,(H,19,20,25). The molecule has 2 amide bonds. The second-order valence-corrected chi connectivity index (χ2v) is 8.19. The average Bonchev–Trinajstić information content (AvgIpc) is 3.48. The zero-order valence-corrected chi connectivity index (χ0v) is 16.7. The van der Waals surface area contributed by atoms with Crippen LogP contribution in [0.2, 0.25) is 0 Å². The summed E-state index contributed by atoms with van der Waals surface area (Å²) in [5, 5.41) is 17.2. The summed E-state index contributed by atoms with van der Waals surface area (Å²) in [5.74, 6) is 0.632. The lowest BCUT2D eigenvalue weighted by molar-refractivity contribution is -0.134. The van der Waals surface area contributed by atoms with E-state index in [4.69, 9.17) is 4.42 Å². The highest BCUT2D eigenvalue weighted by Crippen LogP contribution is 2.22. The predicted molar refractivity (Wildman–Crippen MR) is 106 cm³/mol. The molecule has 4 heterocycles. The fourth-order valence-electron chi connectivity index (χ4n) is 3.14. The molecule has 1 N–H and O–H groups in total. The van der Waals surface area contributed by atoms with Crippen LogP contribution in [0.5, 0.6) is 0 Å². The molecule has 1 aliphatic rings. The number of amides is 2. The van der Waals surface area contributed by atoms with Gasteiger partial charge in [0, 0.05) is 48.5 Å². The molecule has 146 valence electrons. The average molecular weight is 418 g/mol. The van der Waals surface area contributed by atoms with Crippen molar-refractivity contribution in [2.45, 2.75) is 25.7 Å². The van der Waals surface area contributed by atoms with Gasteiger partial charge in [0.15, 0.2) is 5.13 Å². The smallest absolute Gasteiger partial charge is 0.248 e. The molecule has 1 saturated heterocycles. The number of thiazole rings is 1. The van der Waals surface area contributed by atoms with Gasteiger partial charge in [-0.3, -0.25) is 9.59 Å². The van der Waals surface area contributed by atoms with E-state index in [9.17, 15) is 9.59 Å². The number of hydrogen-bond donors (Lipinski definition) is 1. The minimum absolute atomic E-state index is 0.00188. The number of piperidine rings is 1. The number of carbonyl (C=O) groups excluding carboxylic acids is 2. The summed E-state index contributed by atoms with van der Waals surface area (Å²) in [6.07, 6.45) is 3.91. The molecule has 1 unspecified atom stereocenters. The Kier molecular flexibility index (Phi) is 5.77. The van der Waals surface area contributed by atoms with Crippen LogP contribution < -0.4 is 5.32 Å². The second kappa shape index (κ2) is 8.61. The van der Waals surface area contributed by atoms with E-state index in [1.54, 1.807) is 22.4 Å². The van der Waals surface area contributed by atoms with Crippen LogP contribution >= 0.6 is 22.7 Å². The van der Waals surface area contributed by atoms with E-state index in [0.29, 0.717) is 36.4 Å². The number of likely N-dealkylation sites (tertiary alicyclic amines) is 1. The minimum Gasteiger partial charge on any atom is -0.421 e. The highest BCUT2D eigenvalue weighted by molar-refractivity contribution is 7.13. The van der Waals surface area contributed by atoms with Crippen molar-refractivity contribution in [2.75, 3.05) is 18.4 Å². The zero-order valence-electron chi connectivity index (χ0n) is 15.0. The number of nitrogens with zero attached hydrogens (tertiary/aromatic N) is 4. The van der Waals surface area contributed by atoms with Gasteiger partial charge in [-0.25, -0.2) is 4.98 Å². The van der Waals surface area contributed by atoms with E-state index in [0.717, 1.165) is 18.4 Å². The van der Waals surface area contributed by atoms with Gasteiger partial charge >= 0.3 is 0 Å². The van der Waals surface area contributed by atoms with Gasteiger partial charge in [0.2, 0.25) is 23.6 Å². The fourth-order valence-corrected chi connectivity index (χ4v) is 4.30. The molecule has 0 spiro atoms. The highest BCUT2D eigenvalue weighted by Gasteiger charge is 2.28. The molecule has 1 aliphatic heterocycles. The first-order valence-corrected chi connectivity index (χ1v) is 10.8. The topological polar surface area (TPSA) is 101 Å². The Balaban J connectivity index is 1.29. The van der Waals surface area contributed by atoms with Gasteiger partial charge in [-0.15, -0.1) is 21.5 Å². The van der Waals surface area contributed by atoms with E-state index in [-0.39, 0.29) is 24.2 Å². The maximum atomic E-state index is 12.6. The van der Waals surface area contributed by atoms with Gasteiger partial charge in [-0.05, 0) is 24.3 Å². The third-order valence-corrected chi connectivity index (χ3v) is 5.97. The summed E-state index contributed by atoms with van der Waals surface area (Å²) in [6, 6.07) is 1.91. The molecule has 4 rings (SSSR count). The molecule has 3 aromatic heterocycles. The predicted octanol–water partition coefficient (Wildman–Crippen LogP) is 3.06. The molecule has 0 aromatic carbocycles. The SMILES string of the molecule is O=C(Nc1nccs1)C1CCCN(C(=O)CCc2nnc(-c3ccsc3)o2)C1. The lowest BCUT2D eigenvalue weighted by Crippen LogP contribution is -2.43. The molecule has 1 atom stereocenters. The van der Waals surface area contributed by atoms with Gasteiger partial charge in [-0.2, -0.15) is 11.3 Å². The van der Waals surface area contributed by atoms with Crippen molar-refractivity contribution in [3.8, 4) is 11.5 Å². The largest absolute Gasteiger partial charge is 0.421 e. The summed E-state index contributed by atoms with van der Waals surface area (Å²) in [7, 11) is 0. The summed E-state index contributed by atoms with van der Waals surface area (Å²) in [4.78, 5) is 30.8. The van der Waals surface area contributed by atoms with E-state index in [2.05, 4.69) is 20.5 Å². The van der Waals surface area contributed by atoms with Gasteiger partial charge in [0.25, 0.3) is 0 Å². The third-order valence-electron chi connectivity index (χ3n) is 4.60. The first kappa shape index (κ1) is 18.8. The summed E-state index contributed by atoms with van der Waals surface area (Å²) in [6.45, 7) is 1.10. The van der Waals surface area contributed by atoms with Crippen molar-refractivity contribution in [1.82, 2.24) is 20.1 Å². The highest BCUT2D eigenvalue weighted by atomic mass is 32.1. The second-order valence-electron chi connectivity index (χ2n) is 6.52. The molecule has 28 heavy (non-hydrogen) atoms. The maximum Gasteiger partial charge on any atom is 0.248 e. The van der Waals surface area contributed by atoms with Crippen LogP contribution in [-0.4, -0.2) is 45.0 Å². The Morgan fingerprint density at radius 1 is 1.32 bits per heavy atom. The van der Waals surface area contributed by atoms with Crippen molar-refractivity contribution in [3.05, 3.63) is 34.3 Å². The van der Waals surface area contributed by atoms with E-state index in [1.807, 2.05) is 22.2 Å². The molecule has 10 heteroatoms. The van der Waals surface area contributed by atoms with E-state index in [1.165, 1.54) is 11.3 Å². The van der Waals surface area contributed by atoms with Crippen LogP contribution in [0.15, 0.2) is 32.8 Å². The van der Waals surface area contributed by atoms with Gasteiger partial charge < -0.3 is 14.6 Å². The van der Waals surface area contributed by atoms with Crippen LogP contribution in [0.1, 0.15) is 25.2 Å². The molecule has 0 radical (unpaired) electrons. The number of anilines is 1. The molecule has 8 nitrogen and oxygen atoms in total. The molecular formula is C18H19N5O3S2. The number of thiophene rings is 1. The number of aryl methyl sites for hydroxylation is 1.